The monoisotopic (exact) mass is 427 g/mol. The number of rotatable bonds is 5. The Morgan fingerprint density at radius 2 is 1.74 bits per heavy atom. The van der Waals surface area contributed by atoms with E-state index in [2.05, 4.69) is 15.6 Å². The molecule has 0 saturated carbocycles. The minimum Gasteiger partial charge on any atom is -0.496 e. The van der Waals surface area contributed by atoms with Crippen LogP contribution >= 0.6 is 12.2 Å². The van der Waals surface area contributed by atoms with Crippen LogP contribution in [0, 0.1) is 0 Å². The molecule has 1 heterocycles. The number of thiocarbonyl (C=S) groups is 1. The number of fused-ring (bicyclic) bond motifs is 1. The van der Waals surface area contributed by atoms with Crippen LogP contribution in [0.1, 0.15) is 5.56 Å². The van der Waals surface area contributed by atoms with Gasteiger partial charge in [-0.3, -0.25) is 9.78 Å². The molecule has 0 aliphatic rings. The quantitative estimate of drug-likeness (QED) is 0.441. The molecule has 0 saturated heterocycles. The molecule has 0 radical (unpaired) electrons. The van der Waals surface area contributed by atoms with Gasteiger partial charge in [0, 0.05) is 23.5 Å². The Morgan fingerprint density at radius 3 is 2.48 bits per heavy atom. The number of hydrogen-bond donors (Lipinski definition) is 2. The number of pyridine rings is 1. The van der Waals surface area contributed by atoms with Crippen LogP contribution in [0.25, 0.3) is 21.9 Å². The van der Waals surface area contributed by atoms with Gasteiger partial charge in [0.05, 0.1) is 13.5 Å². The van der Waals surface area contributed by atoms with Gasteiger partial charge in [0.25, 0.3) is 0 Å². The van der Waals surface area contributed by atoms with Gasteiger partial charge >= 0.3 is 0 Å². The first-order valence-corrected chi connectivity index (χ1v) is 10.2. The summed E-state index contributed by atoms with van der Waals surface area (Å²) in [4.78, 5) is 16.4. The Morgan fingerprint density at radius 1 is 0.968 bits per heavy atom. The first-order chi connectivity index (χ1) is 15.1. The Balaban J connectivity index is 1.45. The normalized spacial score (nSPS) is 10.5. The molecule has 0 spiro atoms. The average molecular weight is 428 g/mol. The number of benzene rings is 3. The zero-order chi connectivity index (χ0) is 21.6. The fourth-order valence-electron chi connectivity index (χ4n) is 3.44. The molecule has 0 bridgehead atoms. The largest absolute Gasteiger partial charge is 0.496 e. The van der Waals surface area contributed by atoms with Crippen molar-refractivity contribution in [2.45, 2.75) is 6.42 Å². The molecule has 0 aliphatic heterocycles. The van der Waals surface area contributed by atoms with Gasteiger partial charge in [-0.1, -0.05) is 48.5 Å². The second kappa shape index (κ2) is 9.36. The summed E-state index contributed by atoms with van der Waals surface area (Å²) in [7, 11) is 1.66. The van der Waals surface area contributed by atoms with Gasteiger partial charge in [0.1, 0.15) is 5.75 Å². The molecule has 1 aromatic heterocycles. The van der Waals surface area contributed by atoms with Crippen molar-refractivity contribution in [3.8, 4) is 16.9 Å². The molecule has 0 fully saturated rings. The summed E-state index contributed by atoms with van der Waals surface area (Å²) < 4.78 is 5.45. The molecule has 4 rings (SSSR count). The van der Waals surface area contributed by atoms with Crippen LogP contribution in [0.15, 0.2) is 85.2 Å². The third kappa shape index (κ3) is 4.87. The number of nitrogens with one attached hydrogen (secondary N) is 2. The second-order valence-corrected chi connectivity index (χ2v) is 7.39. The highest BCUT2D eigenvalue weighted by Crippen LogP contribution is 2.34. The summed E-state index contributed by atoms with van der Waals surface area (Å²) >= 11 is 5.28. The zero-order valence-corrected chi connectivity index (χ0v) is 17.8. The maximum atomic E-state index is 12.2. The predicted molar refractivity (Wildman–Crippen MR) is 128 cm³/mol. The van der Waals surface area contributed by atoms with Gasteiger partial charge < -0.3 is 15.4 Å². The van der Waals surface area contributed by atoms with E-state index in [1.54, 1.807) is 13.3 Å². The third-order valence-electron chi connectivity index (χ3n) is 4.91. The van der Waals surface area contributed by atoms with Crippen molar-refractivity contribution in [3.63, 3.8) is 0 Å². The number of amides is 1. The van der Waals surface area contributed by atoms with Crippen molar-refractivity contribution < 1.29 is 9.53 Å². The molecule has 3 aromatic carbocycles. The number of carbonyl (C=O) groups excluding carboxylic acids is 1. The minimum atomic E-state index is -0.154. The number of nitrogens with zero attached hydrogens (tertiary/aromatic N) is 1. The number of methoxy groups -OCH3 is 1. The van der Waals surface area contributed by atoms with E-state index in [0.29, 0.717) is 0 Å². The maximum absolute atomic E-state index is 12.2. The lowest BCUT2D eigenvalue weighted by Gasteiger charge is -2.12. The zero-order valence-electron chi connectivity index (χ0n) is 17.0. The molecule has 0 aliphatic carbocycles. The van der Waals surface area contributed by atoms with E-state index in [0.717, 1.165) is 38.9 Å². The van der Waals surface area contributed by atoms with E-state index in [9.17, 15) is 4.79 Å². The molecular weight excluding hydrogens is 406 g/mol. The fraction of sp³-hybridized carbons (Fsp3) is 0.0800. The van der Waals surface area contributed by atoms with Crippen molar-refractivity contribution >= 4 is 39.7 Å². The van der Waals surface area contributed by atoms with E-state index >= 15 is 0 Å². The van der Waals surface area contributed by atoms with Crippen molar-refractivity contribution in [2.75, 3.05) is 12.4 Å². The number of aromatic nitrogens is 1. The second-order valence-electron chi connectivity index (χ2n) is 6.98. The highest BCUT2D eigenvalue weighted by atomic mass is 32.1. The first kappa shape index (κ1) is 20.5. The van der Waals surface area contributed by atoms with E-state index < -0.39 is 0 Å². The summed E-state index contributed by atoms with van der Waals surface area (Å²) in [6, 6.07) is 23.4. The number of carbonyl (C=O) groups is 1. The molecule has 31 heavy (non-hydrogen) atoms. The molecule has 1 amide bonds. The standard InChI is InChI=1S/C25H21N3O2S/c1-30-23-12-11-20(21-13-14-26-16-22(21)23)18-7-9-19(10-8-18)27-25(31)28-24(29)15-17-5-3-2-4-6-17/h2-14,16H,15H2,1H3,(H2,27,28,29,31). The van der Waals surface area contributed by atoms with Crippen LogP contribution in [0.2, 0.25) is 0 Å². The van der Waals surface area contributed by atoms with Crippen molar-refractivity contribution in [1.82, 2.24) is 10.3 Å². The van der Waals surface area contributed by atoms with Crippen LogP contribution in [0.5, 0.6) is 5.75 Å². The van der Waals surface area contributed by atoms with E-state index in [-0.39, 0.29) is 17.4 Å². The summed E-state index contributed by atoms with van der Waals surface area (Å²) in [6.07, 6.45) is 3.86. The van der Waals surface area contributed by atoms with Gasteiger partial charge in [-0.25, -0.2) is 0 Å². The summed E-state index contributed by atoms with van der Waals surface area (Å²) in [6.45, 7) is 0. The van der Waals surface area contributed by atoms with Crippen molar-refractivity contribution in [1.29, 1.82) is 0 Å². The fourth-order valence-corrected chi connectivity index (χ4v) is 3.67. The summed E-state index contributed by atoms with van der Waals surface area (Å²) in [5.41, 5.74) is 3.88. The lowest BCUT2D eigenvalue weighted by atomic mass is 9.99. The Bertz CT molecular complexity index is 1220. The molecular formula is C25H21N3O2S. The smallest absolute Gasteiger partial charge is 0.230 e. The molecule has 2 N–H and O–H groups in total. The van der Waals surface area contributed by atoms with Crippen LogP contribution in [-0.2, 0) is 11.2 Å². The molecule has 4 aromatic rings. The van der Waals surface area contributed by atoms with Crippen LogP contribution < -0.4 is 15.4 Å². The molecule has 0 unspecified atom stereocenters. The van der Waals surface area contributed by atoms with E-state index in [4.69, 9.17) is 17.0 Å². The van der Waals surface area contributed by atoms with Gasteiger partial charge in [0.2, 0.25) is 5.91 Å². The number of hydrogen-bond acceptors (Lipinski definition) is 4. The molecule has 6 heteroatoms. The highest BCUT2D eigenvalue weighted by molar-refractivity contribution is 7.80. The lowest BCUT2D eigenvalue weighted by Crippen LogP contribution is -2.35. The Labute approximate surface area is 186 Å². The topological polar surface area (TPSA) is 63.2 Å². The molecule has 5 nitrogen and oxygen atoms in total. The van der Waals surface area contributed by atoms with Crippen molar-refractivity contribution in [2.24, 2.45) is 0 Å². The Kier molecular flexibility index (Phi) is 6.19. The number of anilines is 1. The van der Waals surface area contributed by atoms with Crippen LogP contribution in [-0.4, -0.2) is 23.1 Å². The van der Waals surface area contributed by atoms with Crippen LogP contribution in [0.4, 0.5) is 5.69 Å². The van der Waals surface area contributed by atoms with Gasteiger partial charge in [-0.2, -0.15) is 0 Å². The van der Waals surface area contributed by atoms with Crippen LogP contribution in [0.3, 0.4) is 0 Å². The van der Waals surface area contributed by atoms with Gasteiger partial charge in [-0.15, -0.1) is 0 Å². The Hall–Kier alpha value is -3.77. The third-order valence-corrected chi connectivity index (χ3v) is 5.12. The van der Waals surface area contributed by atoms with Gasteiger partial charge in [0.15, 0.2) is 5.11 Å². The average Bonchev–Trinajstić information content (AvgIpc) is 2.79. The highest BCUT2D eigenvalue weighted by Gasteiger charge is 2.09. The van der Waals surface area contributed by atoms with Crippen molar-refractivity contribution in [3.05, 3.63) is 90.8 Å². The SMILES string of the molecule is COc1ccc(-c2ccc(NC(=S)NC(=O)Cc3ccccc3)cc2)c2ccncc12. The van der Waals surface area contributed by atoms with E-state index in [1.807, 2.05) is 79.0 Å². The minimum absolute atomic E-state index is 0.154. The molecule has 0 atom stereocenters. The predicted octanol–water partition coefficient (Wildman–Crippen LogP) is 4.97. The summed E-state index contributed by atoms with van der Waals surface area (Å²) in [5.74, 6) is 0.639. The lowest BCUT2D eigenvalue weighted by molar-refractivity contribution is -0.119. The molecule has 154 valence electrons. The van der Waals surface area contributed by atoms with E-state index in [1.165, 1.54) is 0 Å². The first-order valence-electron chi connectivity index (χ1n) is 9.80. The maximum Gasteiger partial charge on any atom is 0.230 e. The number of ether oxygens (including phenoxy) is 1. The summed E-state index contributed by atoms with van der Waals surface area (Å²) in [5, 5.41) is 8.09. The van der Waals surface area contributed by atoms with Gasteiger partial charge in [-0.05, 0) is 58.6 Å².